The van der Waals surface area contributed by atoms with Gasteiger partial charge in [0.25, 0.3) is 0 Å². The third-order valence-electron chi connectivity index (χ3n) is 3.62. The van der Waals surface area contributed by atoms with Crippen LogP contribution in [0.5, 0.6) is 0 Å². The van der Waals surface area contributed by atoms with Crippen molar-refractivity contribution in [2.45, 2.75) is 77.6 Å². The van der Waals surface area contributed by atoms with Crippen molar-refractivity contribution in [1.82, 2.24) is 15.0 Å². The summed E-state index contributed by atoms with van der Waals surface area (Å²) in [5, 5.41) is 7.86. The number of carbonyl (C=O) groups excluding carboxylic acids is 1. The highest BCUT2D eigenvalue weighted by atomic mass is 16.1. The number of carbonyl (C=O) groups is 1. The Morgan fingerprint density at radius 1 is 1.05 bits per heavy atom. The number of nitrogens with zero attached hydrogens (tertiary/aromatic N) is 3. The lowest BCUT2D eigenvalue weighted by Crippen LogP contribution is -2.00. The second kappa shape index (κ2) is 10.6. The summed E-state index contributed by atoms with van der Waals surface area (Å²) < 4.78 is 1.68. The number of hydrogen-bond acceptors (Lipinski definition) is 3. The molecular weight excluding hydrogens is 250 g/mol. The van der Waals surface area contributed by atoms with Gasteiger partial charge in [-0.25, -0.2) is 0 Å². The van der Waals surface area contributed by atoms with Gasteiger partial charge in [-0.1, -0.05) is 57.1 Å². The van der Waals surface area contributed by atoms with Crippen molar-refractivity contribution < 1.29 is 4.79 Å². The molecule has 0 aliphatic rings. The van der Waals surface area contributed by atoms with E-state index in [1.54, 1.807) is 4.68 Å². The molecule has 0 aromatic carbocycles. The van der Waals surface area contributed by atoms with E-state index in [-0.39, 0.29) is 0 Å². The van der Waals surface area contributed by atoms with E-state index in [0.29, 0.717) is 12.2 Å². The van der Waals surface area contributed by atoms with Crippen LogP contribution in [0.4, 0.5) is 0 Å². The van der Waals surface area contributed by atoms with Crippen molar-refractivity contribution in [2.75, 3.05) is 0 Å². The van der Waals surface area contributed by atoms with Gasteiger partial charge in [0.2, 0.25) is 0 Å². The molecule has 1 aromatic rings. The summed E-state index contributed by atoms with van der Waals surface area (Å²) in [5.41, 5.74) is 0.914. The maximum atomic E-state index is 11.7. The Morgan fingerprint density at radius 2 is 1.70 bits per heavy atom. The van der Waals surface area contributed by atoms with Gasteiger partial charge in [-0.15, -0.1) is 5.10 Å². The smallest absolute Gasteiger partial charge is 0.133 e. The van der Waals surface area contributed by atoms with Gasteiger partial charge in [-0.05, 0) is 12.8 Å². The first-order valence-corrected chi connectivity index (χ1v) is 8.09. The van der Waals surface area contributed by atoms with Crippen LogP contribution >= 0.6 is 0 Å². The van der Waals surface area contributed by atoms with Crippen LogP contribution in [0.1, 0.15) is 76.8 Å². The van der Waals surface area contributed by atoms with Crippen LogP contribution in [0.2, 0.25) is 0 Å². The predicted molar refractivity (Wildman–Crippen MR) is 81.6 cm³/mol. The molecule has 0 atom stereocenters. The summed E-state index contributed by atoms with van der Waals surface area (Å²) in [5.74, 6) is 0.363. The van der Waals surface area contributed by atoms with Crippen LogP contribution in [-0.4, -0.2) is 20.8 Å². The molecule has 4 heteroatoms. The number of aryl methyl sites for hydroxylation is 2. The van der Waals surface area contributed by atoms with Crippen LogP contribution in [0.3, 0.4) is 0 Å². The van der Waals surface area contributed by atoms with Crippen molar-refractivity contribution >= 4 is 5.78 Å². The fraction of sp³-hybridized carbons (Fsp3) is 0.812. The Balaban J connectivity index is 1.92. The first-order valence-electron chi connectivity index (χ1n) is 8.09. The number of aromatic nitrogens is 3. The maximum Gasteiger partial charge on any atom is 0.133 e. The number of hydrogen-bond donors (Lipinski definition) is 0. The Bertz CT molecular complexity index is 374. The lowest BCUT2D eigenvalue weighted by molar-refractivity contribution is -0.119. The van der Waals surface area contributed by atoms with Crippen molar-refractivity contribution in [3.05, 3.63) is 11.9 Å². The van der Waals surface area contributed by atoms with E-state index < -0.39 is 0 Å². The number of rotatable bonds is 12. The molecule has 0 radical (unpaired) electrons. The highest BCUT2D eigenvalue weighted by Gasteiger charge is 2.05. The van der Waals surface area contributed by atoms with Gasteiger partial charge >= 0.3 is 0 Å². The first kappa shape index (κ1) is 16.9. The van der Waals surface area contributed by atoms with E-state index in [2.05, 4.69) is 17.2 Å². The second-order valence-corrected chi connectivity index (χ2v) is 5.65. The van der Waals surface area contributed by atoms with Gasteiger partial charge in [0.05, 0.1) is 5.69 Å². The number of ketones is 1. The molecule has 1 heterocycles. The number of Topliss-reactive ketones (excluding diaryl/α,β-unsaturated/α-hetero) is 1. The van der Waals surface area contributed by atoms with E-state index in [1.165, 1.54) is 44.9 Å². The molecule has 0 bridgehead atoms. The summed E-state index contributed by atoms with van der Waals surface area (Å²) in [4.78, 5) is 11.7. The van der Waals surface area contributed by atoms with Crippen molar-refractivity contribution in [3.63, 3.8) is 0 Å². The minimum absolute atomic E-state index is 0.363. The molecule has 0 aliphatic heterocycles. The average molecular weight is 279 g/mol. The quantitative estimate of drug-likeness (QED) is 0.546. The number of unbranched alkanes of at least 4 members (excludes halogenated alkanes) is 7. The van der Waals surface area contributed by atoms with Gasteiger partial charge in [-0.3, -0.25) is 9.48 Å². The molecule has 0 saturated carbocycles. The molecule has 0 amide bonds. The van der Waals surface area contributed by atoms with E-state index in [9.17, 15) is 4.79 Å². The van der Waals surface area contributed by atoms with Gasteiger partial charge < -0.3 is 0 Å². The zero-order chi connectivity index (χ0) is 14.6. The van der Waals surface area contributed by atoms with E-state index in [0.717, 1.165) is 25.0 Å². The topological polar surface area (TPSA) is 47.8 Å². The SMILES string of the molecule is CCCCCCCCCCC(=O)CCc1cn(C)nn1. The van der Waals surface area contributed by atoms with Crippen LogP contribution in [-0.2, 0) is 18.3 Å². The highest BCUT2D eigenvalue weighted by molar-refractivity contribution is 5.78. The van der Waals surface area contributed by atoms with Gasteiger partial charge in [0.15, 0.2) is 0 Å². The molecule has 114 valence electrons. The minimum Gasteiger partial charge on any atom is -0.300 e. The molecule has 0 aliphatic carbocycles. The van der Waals surface area contributed by atoms with E-state index in [4.69, 9.17) is 0 Å². The zero-order valence-electron chi connectivity index (χ0n) is 13.1. The average Bonchev–Trinajstić information content (AvgIpc) is 2.85. The van der Waals surface area contributed by atoms with Crippen molar-refractivity contribution in [1.29, 1.82) is 0 Å². The van der Waals surface area contributed by atoms with Gasteiger partial charge in [0.1, 0.15) is 5.78 Å². The summed E-state index contributed by atoms with van der Waals surface area (Å²) in [7, 11) is 1.85. The molecule has 0 unspecified atom stereocenters. The summed E-state index contributed by atoms with van der Waals surface area (Å²) >= 11 is 0. The zero-order valence-corrected chi connectivity index (χ0v) is 13.1. The van der Waals surface area contributed by atoms with Crippen LogP contribution < -0.4 is 0 Å². The first-order chi connectivity index (χ1) is 9.72. The molecular formula is C16H29N3O. The molecule has 0 fully saturated rings. The normalized spacial score (nSPS) is 10.9. The highest BCUT2D eigenvalue weighted by Crippen LogP contribution is 2.10. The Kier molecular flexibility index (Phi) is 8.92. The molecule has 0 spiro atoms. The summed E-state index contributed by atoms with van der Waals surface area (Å²) in [6.45, 7) is 2.24. The van der Waals surface area contributed by atoms with Crippen molar-refractivity contribution in [2.24, 2.45) is 7.05 Å². The molecule has 1 rings (SSSR count). The maximum absolute atomic E-state index is 11.7. The summed E-state index contributed by atoms with van der Waals surface area (Å²) in [6, 6.07) is 0. The third-order valence-corrected chi connectivity index (χ3v) is 3.62. The minimum atomic E-state index is 0.363. The molecule has 0 saturated heterocycles. The fourth-order valence-corrected chi connectivity index (χ4v) is 2.36. The van der Waals surface area contributed by atoms with Gasteiger partial charge in [-0.2, -0.15) is 0 Å². The lowest BCUT2D eigenvalue weighted by atomic mass is 10.0. The Morgan fingerprint density at radius 3 is 2.30 bits per heavy atom. The predicted octanol–water partition coefficient (Wildman–Crippen LogP) is 3.85. The molecule has 1 aromatic heterocycles. The molecule has 20 heavy (non-hydrogen) atoms. The Labute approximate surface area is 122 Å². The molecule has 0 N–H and O–H groups in total. The Hall–Kier alpha value is -1.19. The lowest BCUT2D eigenvalue weighted by Gasteiger charge is -2.01. The van der Waals surface area contributed by atoms with Crippen LogP contribution in [0.15, 0.2) is 6.20 Å². The fourth-order valence-electron chi connectivity index (χ4n) is 2.36. The standard InChI is InChI=1S/C16H29N3O/c1-3-4-5-6-7-8-9-10-11-16(20)13-12-15-14-19(2)18-17-15/h14H,3-13H2,1-2H3. The van der Waals surface area contributed by atoms with E-state index in [1.807, 2.05) is 13.2 Å². The largest absolute Gasteiger partial charge is 0.300 e. The van der Waals surface area contributed by atoms with E-state index >= 15 is 0 Å². The second-order valence-electron chi connectivity index (χ2n) is 5.65. The van der Waals surface area contributed by atoms with Crippen LogP contribution in [0, 0.1) is 0 Å². The third kappa shape index (κ3) is 8.08. The van der Waals surface area contributed by atoms with Crippen LogP contribution in [0.25, 0.3) is 0 Å². The summed E-state index contributed by atoms with van der Waals surface area (Å²) in [6.07, 6.45) is 14.2. The van der Waals surface area contributed by atoms with Crippen molar-refractivity contribution in [3.8, 4) is 0 Å². The van der Waals surface area contributed by atoms with Gasteiger partial charge in [0, 0.05) is 26.1 Å². The monoisotopic (exact) mass is 279 g/mol. The molecule has 4 nitrogen and oxygen atoms in total.